The monoisotopic (exact) mass is 347 g/mol. The first kappa shape index (κ1) is 17.7. The summed E-state index contributed by atoms with van der Waals surface area (Å²) in [5.74, 6) is 0.266. The molecule has 0 saturated heterocycles. The van der Waals surface area contributed by atoms with Crippen LogP contribution < -0.4 is 10.1 Å². The molecule has 0 aliphatic heterocycles. The summed E-state index contributed by atoms with van der Waals surface area (Å²) in [4.78, 5) is 24.1. The number of nitrogens with one attached hydrogen (secondary N) is 1. The highest BCUT2D eigenvalue weighted by molar-refractivity contribution is 5.90. The van der Waals surface area contributed by atoms with E-state index in [9.17, 15) is 9.59 Å². The summed E-state index contributed by atoms with van der Waals surface area (Å²) in [7, 11) is 0. The molecule has 26 heavy (non-hydrogen) atoms. The number of ketones is 1. The number of amides is 1. The number of fused-ring (bicyclic) bond motifs is 1. The predicted octanol–water partition coefficient (Wildman–Crippen LogP) is 3.54. The largest absolute Gasteiger partial charge is 0.483 e. The van der Waals surface area contributed by atoms with E-state index in [0.29, 0.717) is 12.2 Å². The second kappa shape index (κ2) is 8.30. The third kappa shape index (κ3) is 4.48. The Labute approximate surface area is 152 Å². The van der Waals surface area contributed by atoms with Gasteiger partial charge in [0.15, 0.2) is 12.4 Å². The molecule has 1 atom stereocenters. The van der Waals surface area contributed by atoms with E-state index in [1.807, 2.05) is 72.8 Å². The second-order valence-corrected chi connectivity index (χ2v) is 6.19. The minimum Gasteiger partial charge on any atom is -0.483 e. The molecule has 0 aromatic heterocycles. The lowest BCUT2D eigenvalue weighted by molar-refractivity contribution is -0.128. The van der Waals surface area contributed by atoms with Crippen LogP contribution in [0.1, 0.15) is 12.5 Å². The van der Waals surface area contributed by atoms with Crippen LogP contribution in [0.5, 0.6) is 5.75 Å². The van der Waals surface area contributed by atoms with Crippen molar-refractivity contribution >= 4 is 22.5 Å². The van der Waals surface area contributed by atoms with Crippen molar-refractivity contribution in [2.45, 2.75) is 19.4 Å². The van der Waals surface area contributed by atoms with Gasteiger partial charge in [-0.15, -0.1) is 0 Å². The number of benzene rings is 3. The minimum absolute atomic E-state index is 0.0765. The van der Waals surface area contributed by atoms with E-state index >= 15 is 0 Å². The Kier molecular flexibility index (Phi) is 5.64. The van der Waals surface area contributed by atoms with E-state index < -0.39 is 6.04 Å². The first-order chi connectivity index (χ1) is 12.6. The lowest BCUT2D eigenvalue weighted by Gasteiger charge is -2.16. The van der Waals surface area contributed by atoms with E-state index in [0.717, 1.165) is 16.3 Å². The fourth-order valence-electron chi connectivity index (χ4n) is 2.85. The maximum absolute atomic E-state index is 12.3. The Morgan fingerprint density at radius 1 is 0.923 bits per heavy atom. The number of hydrogen-bond donors (Lipinski definition) is 1. The zero-order valence-electron chi connectivity index (χ0n) is 14.6. The smallest absolute Gasteiger partial charge is 0.258 e. The van der Waals surface area contributed by atoms with Gasteiger partial charge < -0.3 is 10.1 Å². The summed E-state index contributed by atoms with van der Waals surface area (Å²) in [5, 5.41) is 4.78. The molecule has 0 saturated carbocycles. The van der Waals surface area contributed by atoms with Crippen LogP contribution in [0.25, 0.3) is 10.8 Å². The summed E-state index contributed by atoms with van der Waals surface area (Å²) in [6.45, 7) is 1.35. The molecule has 0 unspecified atom stereocenters. The molecule has 1 amide bonds. The first-order valence-electron chi connectivity index (χ1n) is 8.58. The molecule has 132 valence electrons. The predicted molar refractivity (Wildman–Crippen MR) is 102 cm³/mol. The van der Waals surface area contributed by atoms with Gasteiger partial charge in [0.1, 0.15) is 5.75 Å². The fraction of sp³-hybridized carbons (Fsp3) is 0.182. The van der Waals surface area contributed by atoms with E-state index in [1.165, 1.54) is 6.92 Å². The Hall–Kier alpha value is -3.14. The highest BCUT2D eigenvalue weighted by Gasteiger charge is 2.18. The van der Waals surface area contributed by atoms with Crippen molar-refractivity contribution in [1.82, 2.24) is 5.32 Å². The van der Waals surface area contributed by atoms with E-state index in [4.69, 9.17) is 4.74 Å². The van der Waals surface area contributed by atoms with Crippen LogP contribution in [-0.2, 0) is 16.0 Å². The lowest BCUT2D eigenvalue weighted by Crippen LogP contribution is -2.43. The molecule has 1 N–H and O–H groups in total. The highest BCUT2D eigenvalue weighted by atomic mass is 16.5. The lowest BCUT2D eigenvalue weighted by atomic mass is 10.0. The van der Waals surface area contributed by atoms with Crippen LogP contribution in [0, 0.1) is 0 Å². The summed E-state index contributed by atoms with van der Waals surface area (Å²) in [6, 6.07) is 22.6. The molecule has 0 aliphatic carbocycles. The SMILES string of the molecule is CC(=O)[C@H](Cc1ccccc1)NC(=O)COc1cccc2ccccc12. The van der Waals surface area contributed by atoms with E-state index in [-0.39, 0.29) is 18.3 Å². The van der Waals surface area contributed by atoms with Crippen LogP contribution >= 0.6 is 0 Å². The molecule has 4 heteroatoms. The summed E-state index contributed by atoms with van der Waals surface area (Å²) >= 11 is 0. The van der Waals surface area contributed by atoms with Gasteiger partial charge in [-0.25, -0.2) is 0 Å². The molecule has 0 heterocycles. The van der Waals surface area contributed by atoms with Crippen molar-refractivity contribution in [3.63, 3.8) is 0 Å². The van der Waals surface area contributed by atoms with Crippen molar-refractivity contribution in [2.75, 3.05) is 6.61 Å². The highest BCUT2D eigenvalue weighted by Crippen LogP contribution is 2.24. The zero-order chi connectivity index (χ0) is 18.4. The molecule has 3 rings (SSSR count). The van der Waals surface area contributed by atoms with Crippen molar-refractivity contribution < 1.29 is 14.3 Å². The summed E-state index contributed by atoms with van der Waals surface area (Å²) in [5.41, 5.74) is 1.00. The summed E-state index contributed by atoms with van der Waals surface area (Å²) < 4.78 is 5.69. The molecular formula is C22H21NO3. The van der Waals surface area contributed by atoms with Crippen molar-refractivity contribution in [3.8, 4) is 5.75 Å². The molecule has 0 fully saturated rings. The Balaban J connectivity index is 1.62. The summed E-state index contributed by atoms with van der Waals surface area (Å²) in [6.07, 6.45) is 0.468. The molecule has 3 aromatic rings. The maximum atomic E-state index is 12.3. The van der Waals surface area contributed by atoms with Crippen LogP contribution in [0.15, 0.2) is 72.8 Å². The van der Waals surface area contributed by atoms with Crippen molar-refractivity contribution in [2.24, 2.45) is 0 Å². The second-order valence-electron chi connectivity index (χ2n) is 6.19. The van der Waals surface area contributed by atoms with Gasteiger partial charge in [-0.05, 0) is 30.4 Å². The van der Waals surface area contributed by atoms with Crippen LogP contribution in [-0.4, -0.2) is 24.3 Å². The molecule has 4 nitrogen and oxygen atoms in total. The fourth-order valence-corrected chi connectivity index (χ4v) is 2.85. The normalized spacial score (nSPS) is 11.7. The van der Waals surface area contributed by atoms with Gasteiger partial charge in [0.05, 0.1) is 6.04 Å². The Morgan fingerprint density at radius 3 is 2.38 bits per heavy atom. The van der Waals surface area contributed by atoms with Crippen LogP contribution in [0.4, 0.5) is 0 Å². The third-order valence-electron chi connectivity index (χ3n) is 4.22. The molecule has 0 aliphatic rings. The van der Waals surface area contributed by atoms with Gasteiger partial charge in [-0.2, -0.15) is 0 Å². The maximum Gasteiger partial charge on any atom is 0.258 e. The molecule has 0 bridgehead atoms. The molecule has 0 radical (unpaired) electrons. The quantitative estimate of drug-likeness (QED) is 0.711. The molecular weight excluding hydrogens is 326 g/mol. The van der Waals surface area contributed by atoms with Crippen LogP contribution in [0.2, 0.25) is 0 Å². The van der Waals surface area contributed by atoms with Gasteiger partial charge >= 0.3 is 0 Å². The number of carbonyl (C=O) groups excluding carboxylic acids is 2. The number of carbonyl (C=O) groups is 2. The van der Waals surface area contributed by atoms with Gasteiger partial charge in [0.25, 0.3) is 5.91 Å². The Bertz CT molecular complexity index is 900. The molecule has 0 spiro atoms. The van der Waals surface area contributed by atoms with Crippen LogP contribution in [0.3, 0.4) is 0 Å². The average molecular weight is 347 g/mol. The van der Waals surface area contributed by atoms with Gasteiger partial charge in [0.2, 0.25) is 0 Å². The van der Waals surface area contributed by atoms with Crippen molar-refractivity contribution in [1.29, 1.82) is 0 Å². The number of hydrogen-bond acceptors (Lipinski definition) is 3. The van der Waals surface area contributed by atoms with E-state index in [2.05, 4.69) is 5.32 Å². The standard InChI is InChI=1S/C22H21NO3/c1-16(24)20(14-17-8-3-2-4-9-17)23-22(25)15-26-21-13-7-11-18-10-5-6-12-19(18)21/h2-13,20H,14-15H2,1H3,(H,23,25)/t20-/m0/s1. The Morgan fingerprint density at radius 2 is 1.62 bits per heavy atom. The van der Waals surface area contributed by atoms with Gasteiger partial charge in [-0.3, -0.25) is 9.59 Å². The first-order valence-corrected chi connectivity index (χ1v) is 8.58. The minimum atomic E-state index is -0.555. The zero-order valence-corrected chi connectivity index (χ0v) is 14.6. The average Bonchev–Trinajstić information content (AvgIpc) is 2.66. The number of Topliss-reactive ketones (excluding diaryl/α,β-unsaturated/α-hetero) is 1. The molecule has 3 aromatic carbocycles. The van der Waals surface area contributed by atoms with Crippen molar-refractivity contribution in [3.05, 3.63) is 78.4 Å². The van der Waals surface area contributed by atoms with Gasteiger partial charge in [-0.1, -0.05) is 66.7 Å². The third-order valence-corrected chi connectivity index (χ3v) is 4.22. The van der Waals surface area contributed by atoms with Gasteiger partial charge in [0, 0.05) is 5.39 Å². The topological polar surface area (TPSA) is 55.4 Å². The number of rotatable bonds is 7. The number of ether oxygens (including phenoxy) is 1. The van der Waals surface area contributed by atoms with E-state index in [1.54, 1.807) is 0 Å².